The molecule has 0 amide bonds. The van der Waals surface area contributed by atoms with E-state index in [2.05, 4.69) is 30.3 Å². The molecule has 3 saturated carbocycles. The second-order valence-electron chi connectivity index (χ2n) is 22.9. The number of carbonyl (C=O) groups is 1. The molecule has 7 aromatic carbocycles. The van der Waals surface area contributed by atoms with Crippen molar-refractivity contribution in [3.63, 3.8) is 0 Å². The monoisotopic (exact) mass is 1120 g/mol. The van der Waals surface area contributed by atoms with Crippen LogP contribution in [0.1, 0.15) is 127 Å². The van der Waals surface area contributed by atoms with Crippen LogP contribution in [0.5, 0.6) is 46.0 Å². The van der Waals surface area contributed by atoms with Crippen molar-refractivity contribution in [1.82, 2.24) is 0 Å². The minimum absolute atomic E-state index is 0.0649. The molecular formula is C69H68O14. The van der Waals surface area contributed by atoms with E-state index in [0.717, 1.165) is 106 Å². The van der Waals surface area contributed by atoms with Gasteiger partial charge >= 0.3 is 0 Å². The molecule has 83 heavy (non-hydrogen) atoms. The fourth-order valence-electron chi connectivity index (χ4n) is 13.7. The van der Waals surface area contributed by atoms with Crippen LogP contribution >= 0.6 is 0 Å². The molecule has 15 rings (SSSR count). The maximum Gasteiger partial charge on any atom is 0.285 e. The fraction of sp³-hybridized carbons (Fsp3) is 0.348. The molecule has 2 spiro atoms. The summed E-state index contributed by atoms with van der Waals surface area (Å²) in [6.45, 7) is 3.53. The molecule has 0 aromatic heterocycles. The lowest BCUT2D eigenvalue weighted by Gasteiger charge is -2.47. The Morgan fingerprint density at radius 3 is 1.61 bits per heavy atom. The first-order chi connectivity index (χ1) is 40.5. The summed E-state index contributed by atoms with van der Waals surface area (Å²) in [5.41, 5.74) is 8.55. The highest BCUT2D eigenvalue weighted by Gasteiger charge is 2.52. The molecule has 2 saturated heterocycles. The summed E-state index contributed by atoms with van der Waals surface area (Å²) < 4.78 is 55.3. The van der Waals surface area contributed by atoms with E-state index in [0.29, 0.717) is 64.8 Å². The second-order valence-corrected chi connectivity index (χ2v) is 22.9. The number of benzene rings is 7. The summed E-state index contributed by atoms with van der Waals surface area (Å²) in [6, 6.07) is 51.2. The number of hydrogen-bond acceptors (Lipinski definition) is 14. The number of hydrogen-bond donors (Lipinski definition) is 4. The van der Waals surface area contributed by atoms with Crippen LogP contribution in [0.3, 0.4) is 0 Å². The second kappa shape index (κ2) is 23.3. The van der Waals surface area contributed by atoms with Gasteiger partial charge in [0, 0.05) is 78.5 Å². The van der Waals surface area contributed by atoms with E-state index in [-0.39, 0.29) is 70.6 Å². The number of fused-ring (bicyclic) bond motifs is 9. The summed E-state index contributed by atoms with van der Waals surface area (Å²) >= 11 is 0. The third-order valence-corrected chi connectivity index (χ3v) is 17.7. The molecule has 7 atom stereocenters. The van der Waals surface area contributed by atoms with Crippen LogP contribution in [0, 0.1) is 11.8 Å². The van der Waals surface area contributed by atoms with E-state index in [1.807, 2.05) is 84.9 Å². The molecule has 428 valence electrons. The average molecular weight is 1120 g/mol. The topological polar surface area (TPSA) is 181 Å². The van der Waals surface area contributed by atoms with Gasteiger partial charge in [0.15, 0.2) is 11.6 Å². The molecule has 5 fully saturated rings. The molecule has 14 nitrogen and oxygen atoms in total. The lowest BCUT2D eigenvalue weighted by atomic mass is 9.68. The number of carbonyl (C=O) groups excluding carboxylic acids is 1. The molecule has 5 heterocycles. The number of ketones is 1. The van der Waals surface area contributed by atoms with E-state index in [1.54, 1.807) is 48.5 Å². The van der Waals surface area contributed by atoms with E-state index in [4.69, 9.17) is 42.6 Å². The van der Waals surface area contributed by atoms with Crippen LogP contribution in [0.25, 0.3) is 0 Å². The third-order valence-electron chi connectivity index (χ3n) is 17.7. The van der Waals surface area contributed by atoms with Gasteiger partial charge in [-0.25, -0.2) is 0 Å². The Morgan fingerprint density at radius 1 is 0.494 bits per heavy atom. The van der Waals surface area contributed by atoms with Crippen molar-refractivity contribution >= 4 is 5.78 Å². The highest BCUT2D eigenvalue weighted by Crippen LogP contribution is 2.58. The van der Waals surface area contributed by atoms with Crippen LogP contribution in [0.2, 0.25) is 0 Å². The molecule has 3 aliphatic carbocycles. The lowest BCUT2D eigenvalue weighted by molar-refractivity contribution is -0.199. The van der Waals surface area contributed by atoms with Crippen molar-refractivity contribution in [2.75, 3.05) is 26.4 Å². The van der Waals surface area contributed by atoms with Gasteiger partial charge in [-0.15, -0.1) is 0 Å². The van der Waals surface area contributed by atoms with E-state index in [9.17, 15) is 25.2 Å². The molecule has 7 aromatic rings. The van der Waals surface area contributed by atoms with Crippen molar-refractivity contribution in [1.29, 1.82) is 0 Å². The molecule has 0 radical (unpaired) electrons. The first-order valence-electron chi connectivity index (χ1n) is 29.1. The Morgan fingerprint density at radius 2 is 1.01 bits per heavy atom. The summed E-state index contributed by atoms with van der Waals surface area (Å²) in [4.78, 5) is 12.0. The third kappa shape index (κ3) is 11.6. The van der Waals surface area contributed by atoms with Crippen LogP contribution in [0.15, 0.2) is 175 Å². The number of aromatic hydroxyl groups is 4. The SMILES string of the molecule is O=C1CC[C@@H]2c3cc(O)ccc3O[C@H](c3ccc(O)cc3)[C@@H]2C1.Oc1ccc([C@H]2Oc3ccc(O)cc3[C@H]3CCC4(C[C@H]32)OCCO4)cc1.c1ccc(COC2=C3CC4(CC[C@@H]3c3cc(OCc5ccccc5)ccc3O2)OCCO4)cc1. The standard InChI is InChI=1S/C29H28O5.C21H22O5.C19H18O4/c1-3-7-21(8-4-1)19-30-23-11-12-27-25(17-23)24-13-14-29(32-15-16-33-29)18-26(24)28(34-27)31-20-22-9-5-2-6-10-22;22-14-3-1-13(2-4-14)20-18-12-21(24-9-10-25-21)8-7-16(18)17-11-15(23)5-6-19(17)26-20;20-12-3-1-11(2-4-12)19-17-10-13(21)5-7-15(17)16-9-14(22)6-8-18(16)23-19/h1-12,17,24H,13-16,18-20H2;1-6,11,16,18,20,22-23H,7-10,12H2;1-4,6,8-9,15,17,19-20,22H,5,7,10H2/t24-;16-,18-,20-;15-,17-,19-/m111/s1. The van der Waals surface area contributed by atoms with Gasteiger partial charge in [-0.05, 0) is 132 Å². The van der Waals surface area contributed by atoms with Crippen molar-refractivity contribution < 1.29 is 67.9 Å². The smallest absolute Gasteiger partial charge is 0.285 e. The number of ether oxygens (including phenoxy) is 9. The van der Waals surface area contributed by atoms with Crippen LogP contribution in [-0.4, -0.2) is 64.2 Å². The van der Waals surface area contributed by atoms with Gasteiger partial charge < -0.3 is 63.1 Å². The Kier molecular flexibility index (Phi) is 15.2. The molecule has 0 bridgehead atoms. The molecule has 4 N–H and O–H groups in total. The van der Waals surface area contributed by atoms with Crippen LogP contribution in [-0.2, 0) is 41.7 Å². The zero-order valence-corrected chi connectivity index (χ0v) is 46.1. The first-order valence-corrected chi connectivity index (χ1v) is 29.1. The van der Waals surface area contributed by atoms with Gasteiger partial charge in [0.05, 0.1) is 26.4 Å². The summed E-state index contributed by atoms with van der Waals surface area (Å²) in [7, 11) is 0. The number of phenolic OH excluding ortho intramolecular Hbond substituents is 4. The molecule has 14 heteroatoms. The van der Waals surface area contributed by atoms with E-state index < -0.39 is 11.6 Å². The predicted octanol–water partition coefficient (Wildman–Crippen LogP) is 13.6. The Hall–Kier alpha value is -8.01. The molecule has 5 aliphatic heterocycles. The highest BCUT2D eigenvalue weighted by molar-refractivity contribution is 5.80. The minimum Gasteiger partial charge on any atom is -0.508 e. The van der Waals surface area contributed by atoms with Crippen molar-refractivity contribution in [2.24, 2.45) is 11.8 Å². The van der Waals surface area contributed by atoms with Gasteiger partial charge in [-0.3, -0.25) is 4.79 Å². The van der Waals surface area contributed by atoms with E-state index in [1.165, 1.54) is 0 Å². The van der Waals surface area contributed by atoms with Gasteiger partial charge in [-0.1, -0.05) is 84.9 Å². The molecule has 8 aliphatic rings. The largest absolute Gasteiger partial charge is 0.508 e. The van der Waals surface area contributed by atoms with Gasteiger partial charge in [0.1, 0.15) is 77.2 Å². The quantitative estimate of drug-likeness (QED) is 0.113. The lowest BCUT2D eigenvalue weighted by Crippen LogP contribution is -2.44. The van der Waals surface area contributed by atoms with Crippen LogP contribution in [0.4, 0.5) is 0 Å². The highest BCUT2D eigenvalue weighted by atomic mass is 16.7. The van der Waals surface area contributed by atoms with Crippen molar-refractivity contribution in [3.8, 4) is 46.0 Å². The Bertz CT molecular complexity index is 3440. The number of phenols is 4. The summed E-state index contributed by atoms with van der Waals surface area (Å²) in [6.07, 6.45) is 6.47. The maximum absolute atomic E-state index is 12.0. The van der Waals surface area contributed by atoms with Crippen LogP contribution < -0.4 is 18.9 Å². The summed E-state index contributed by atoms with van der Waals surface area (Å²) in [5.74, 6) is 4.93. The normalized spacial score (nSPS) is 24.7. The van der Waals surface area contributed by atoms with Crippen molar-refractivity contribution in [3.05, 3.63) is 214 Å². The average Bonchev–Trinajstić information content (AvgIpc) is 3.97. The van der Waals surface area contributed by atoms with Gasteiger partial charge in [0.25, 0.3) is 5.95 Å². The first kappa shape index (κ1) is 54.3. The Balaban J connectivity index is 0.000000119. The Labute approximate surface area is 482 Å². The molecular weight excluding hydrogens is 1050 g/mol. The van der Waals surface area contributed by atoms with E-state index >= 15 is 0 Å². The predicted molar refractivity (Wildman–Crippen MR) is 306 cm³/mol. The minimum atomic E-state index is -0.560. The number of Topliss-reactive ketones (excluding diaryl/α,β-unsaturated/α-hetero) is 1. The summed E-state index contributed by atoms with van der Waals surface area (Å²) in [5, 5.41) is 38.9. The zero-order chi connectivity index (χ0) is 56.5. The van der Waals surface area contributed by atoms with Crippen molar-refractivity contribution in [2.45, 2.75) is 113 Å². The molecule has 0 unspecified atom stereocenters. The number of rotatable bonds is 8. The fourth-order valence-corrected chi connectivity index (χ4v) is 13.7. The zero-order valence-electron chi connectivity index (χ0n) is 46.1. The van der Waals surface area contributed by atoms with Gasteiger partial charge in [0.2, 0.25) is 0 Å². The maximum atomic E-state index is 12.0. The van der Waals surface area contributed by atoms with Gasteiger partial charge in [-0.2, -0.15) is 0 Å².